The van der Waals surface area contributed by atoms with Crippen molar-refractivity contribution in [2.45, 2.75) is 23.4 Å². The minimum Gasteiger partial charge on any atom is -0.368 e. The van der Waals surface area contributed by atoms with Crippen LogP contribution >= 0.6 is 0 Å². The normalized spacial score (nSPS) is 11.6. The van der Waals surface area contributed by atoms with Crippen molar-refractivity contribution < 1.29 is 43.9 Å². The molecule has 0 saturated carbocycles. The maximum Gasteiger partial charge on any atom is 0.668 e. The Morgan fingerprint density at radius 2 is 1.44 bits per heavy atom. The number of hydrogen-bond donors (Lipinski definition) is 4. The average molecular weight is 321 g/mol. The molecule has 16 heavy (non-hydrogen) atoms. The van der Waals surface area contributed by atoms with Crippen LogP contribution in [0.3, 0.4) is 0 Å². The predicted octanol–water partition coefficient (Wildman–Crippen LogP) is 0.320. The van der Waals surface area contributed by atoms with Gasteiger partial charge >= 0.3 is 93.1 Å². The minimum absolute atomic E-state index is 0.375. The van der Waals surface area contributed by atoms with Crippen LogP contribution in [0.1, 0.15) is 19.4 Å². The van der Waals surface area contributed by atoms with E-state index in [2.05, 4.69) is 44.2 Å². The molecule has 89 valence electrons. The summed E-state index contributed by atoms with van der Waals surface area (Å²) in [5.41, 5.74) is 1.83. The molecule has 4 nitrogen and oxygen atoms in total. The molecule has 0 aliphatic rings. The molecule has 0 aliphatic heterocycles. The molecule has 0 amide bonds. The topological polar surface area (TPSA) is 80.9 Å². The van der Waals surface area contributed by atoms with E-state index in [0.717, 1.165) is 0 Å². The molecule has 0 bridgehead atoms. The van der Waals surface area contributed by atoms with Gasteiger partial charge in [0.25, 0.3) is 0 Å². The standard InChI is InChI=1S/C10H13.H4O4Si.Zr/c1-10(2,3)9-7-5-4-6-8-9;1-5(2,3)4;/h4-8H,1H2,2-3H3;1-4H;. The fourth-order valence-electron chi connectivity index (χ4n) is 0.991. The zero-order valence-electron chi connectivity index (χ0n) is 9.38. The van der Waals surface area contributed by atoms with Gasteiger partial charge in [-0.05, 0) is 0 Å². The van der Waals surface area contributed by atoms with Gasteiger partial charge in [0.15, 0.2) is 0 Å². The Morgan fingerprint density at radius 3 is 1.75 bits per heavy atom. The van der Waals surface area contributed by atoms with Gasteiger partial charge in [-0.2, -0.15) is 0 Å². The van der Waals surface area contributed by atoms with Crippen LogP contribution in [0.5, 0.6) is 0 Å². The molecule has 0 radical (unpaired) electrons. The van der Waals surface area contributed by atoms with Crippen LogP contribution in [0.2, 0.25) is 4.13 Å². The fourth-order valence-corrected chi connectivity index (χ4v) is 1.49. The molecule has 0 unspecified atom stereocenters. The third-order valence-corrected chi connectivity index (χ3v) is 4.17. The van der Waals surface area contributed by atoms with Gasteiger partial charge in [0.1, 0.15) is 0 Å². The van der Waals surface area contributed by atoms with Crippen LogP contribution in [-0.2, 0) is 30.1 Å². The summed E-state index contributed by atoms with van der Waals surface area (Å²) < 4.78 is 1.28. The van der Waals surface area contributed by atoms with Crippen LogP contribution in [0.4, 0.5) is 0 Å². The molecule has 0 aliphatic carbocycles. The van der Waals surface area contributed by atoms with E-state index in [-0.39, 0.29) is 0 Å². The molecule has 4 N–H and O–H groups in total. The first-order chi connectivity index (χ1) is 7.17. The Morgan fingerprint density at radius 1 is 1.06 bits per heavy atom. The van der Waals surface area contributed by atoms with Crippen LogP contribution in [0.25, 0.3) is 0 Å². The molecule has 0 saturated heterocycles. The second kappa shape index (κ2) is 6.79. The molecule has 0 spiro atoms. The quantitative estimate of drug-likeness (QED) is 0.592. The summed E-state index contributed by atoms with van der Waals surface area (Å²) in [6, 6.07) is 10.7. The van der Waals surface area contributed by atoms with Crippen molar-refractivity contribution in [3.05, 3.63) is 35.9 Å². The first-order valence-corrected chi connectivity index (χ1v) is 8.29. The molecule has 0 aromatic heterocycles. The van der Waals surface area contributed by atoms with Gasteiger partial charge in [0.2, 0.25) is 0 Å². The van der Waals surface area contributed by atoms with Crippen molar-refractivity contribution in [3.8, 4) is 0 Å². The van der Waals surface area contributed by atoms with Gasteiger partial charge in [-0.15, -0.1) is 0 Å². The van der Waals surface area contributed by atoms with E-state index in [1.165, 1.54) is 9.69 Å². The molecule has 1 aromatic carbocycles. The van der Waals surface area contributed by atoms with Gasteiger partial charge in [-0.25, -0.2) is 0 Å². The minimum atomic E-state index is -4.61. The van der Waals surface area contributed by atoms with Crippen molar-refractivity contribution in [3.63, 3.8) is 0 Å². The Kier molecular flexibility index (Phi) is 6.86. The van der Waals surface area contributed by atoms with E-state index < -0.39 is 9.05 Å². The van der Waals surface area contributed by atoms with Gasteiger partial charge in [0, 0.05) is 0 Å². The van der Waals surface area contributed by atoms with Crippen LogP contribution in [0.15, 0.2) is 30.3 Å². The zero-order chi connectivity index (χ0) is 12.8. The van der Waals surface area contributed by atoms with Gasteiger partial charge in [0.05, 0.1) is 0 Å². The van der Waals surface area contributed by atoms with Gasteiger partial charge in [-0.1, -0.05) is 0 Å². The smallest absolute Gasteiger partial charge is 0.368 e. The Hall–Kier alpha value is 0.160. The van der Waals surface area contributed by atoms with Crippen molar-refractivity contribution in [2.75, 3.05) is 0 Å². The molecule has 0 heterocycles. The monoisotopic (exact) mass is 319 g/mol. The van der Waals surface area contributed by atoms with Crippen LogP contribution in [0, 0.1) is 0 Å². The van der Waals surface area contributed by atoms with Crippen molar-refractivity contribution in [1.82, 2.24) is 0 Å². The van der Waals surface area contributed by atoms with E-state index in [9.17, 15) is 0 Å². The molecular formula is C10H17O4SiZr. The van der Waals surface area contributed by atoms with Crippen LogP contribution in [-0.4, -0.2) is 28.2 Å². The average Bonchev–Trinajstić information content (AvgIpc) is 2.17. The van der Waals surface area contributed by atoms with E-state index in [0.29, 0.717) is 5.41 Å². The SMILES string of the molecule is CC(C)([CH2][Zr])c1ccccc1.O[Si](O)(O)O. The molecule has 1 aromatic rings. The Bertz CT molecular complexity index is 291. The van der Waals surface area contributed by atoms with E-state index in [1.54, 1.807) is 24.7 Å². The summed E-state index contributed by atoms with van der Waals surface area (Å²) in [5, 5.41) is 0. The Labute approximate surface area is 112 Å². The fraction of sp³-hybridized carbons (Fsp3) is 0.400. The van der Waals surface area contributed by atoms with Crippen molar-refractivity contribution >= 4 is 9.05 Å². The summed E-state index contributed by atoms with van der Waals surface area (Å²) in [4.78, 5) is 29.3. The van der Waals surface area contributed by atoms with E-state index >= 15 is 0 Å². The number of hydrogen-bond acceptors (Lipinski definition) is 4. The molecule has 0 fully saturated rings. The largest absolute Gasteiger partial charge is 0.668 e. The molecule has 0 atom stereocenters. The molecule has 1 rings (SSSR count). The summed E-state index contributed by atoms with van der Waals surface area (Å²) in [6.45, 7) is 4.61. The summed E-state index contributed by atoms with van der Waals surface area (Å²) in [5.74, 6) is 0. The number of rotatable bonds is 2. The summed E-state index contributed by atoms with van der Waals surface area (Å²) in [6.07, 6.45) is 0. The van der Waals surface area contributed by atoms with Gasteiger partial charge in [-0.3, -0.25) is 0 Å². The molecular weight excluding hydrogens is 303 g/mol. The van der Waals surface area contributed by atoms with E-state index in [4.69, 9.17) is 19.2 Å². The second-order valence-electron chi connectivity index (χ2n) is 4.03. The van der Waals surface area contributed by atoms with Crippen molar-refractivity contribution in [2.24, 2.45) is 0 Å². The Balaban J connectivity index is 0.000000385. The summed E-state index contributed by atoms with van der Waals surface area (Å²) in [7, 11) is -4.61. The van der Waals surface area contributed by atoms with Gasteiger partial charge < -0.3 is 19.2 Å². The maximum atomic E-state index is 7.33. The first-order valence-electron chi connectivity index (χ1n) is 4.76. The third kappa shape index (κ3) is 8.33. The zero-order valence-corrected chi connectivity index (χ0v) is 12.8. The molecule has 6 heteroatoms. The second-order valence-corrected chi connectivity index (χ2v) is 6.10. The van der Waals surface area contributed by atoms with Crippen molar-refractivity contribution in [1.29, 1.82) is 0 Å². The maximum absolute atomic E-state index is 7.33. The van der Waals surface area contributed by atoms with E-state index in [1.807, 2.05) is 0 Å². The summed E-state index contributed by atoms with van der Waals surface area (Å²) >= 11 is 1.62. The van der Waals surface area contributed by atoms with Crippen LogP contribution < -0.4 is 0 Å². The third-order valence-electron chi connectivity index (χ3n) is 2.00. The first kappa shape index (κ1) is 16.2. The number of benzene rings is 1. The predicted molar refractivity (Wildman–Crippen MR) is 58.9 cm³/mol.